The van der Waals surface area contributed by atoms with Gasteiger partial charge in [0.15, 0.2) is 0 Å². The molecule has 9 heteroatoms. The average molecular weight is 531 g/mol. The van der Waals surface area contributed by atoms with Crippen LogP contribution in [0.2, 0.25) is 0 Å². The Hall–Kier alpha value is -4.29. The number of aliphatic hydroxyl groups is 1. The van der Waals surface area contributed by atoms with Crippen molar-refractivity contribution in [3.05, 3.63) is 89.1 Å². The molecule has 8 nitrogen and oxygen atoms in total. The lowest BCUT2D eigenvalue weighted by molar-refractivity contribution is -0.130. The van der Waals surface area contributed by atoms with Crippen LogP contribution in [0.25, 0.3) is 0 Å². The molecule has 0 saturated carbocycles. The van der Waals surface area contributed by atoms with Crippen molar-refractivity contribution < 1.29 is 23.8 Å². The van der Waals surface area contributed by atoms with Crippen molar-refractivity contribution in [3.8, 4) is 17.7 Å². The van der Waals surface area contributed by atoms with Crippen LogP contribution in [-0.4, -0.2) is 75.6 Å². The predicted octanol–water partition coefficient (Wildman–Crippen LogP) is 2.94. The van der Waals surface area contributed by atoms with Crippen molar-refractivity contribution in [1.29, 1.82) is 0 Å². The number of amides is 2. The summed E-state index contributed by atoms with van der Waals surface area (Å²) < 4.78 is 20.3. The molecule has 0 spiro atoms. The van der Waals surface area contributed by atoms with Gasteiger partial charge in [-0.1, -0.05) is 30.9 Å². The number of fused-ring (bicyclic) bond motifs is 1. The quantitative estimate of drug-likeness (QED) is 0.493. The molecule has 0 unspecified atom stereocenters. The topological polar surface area (TPSA) is 95.9 Å². The SMILES string of the molecule is C[C@@H]1CN([C@H](C)CO)C(=O)c2cc(C#Cc3ccccc3F)cnc2O[C@@H]1CN(C)C(=O)Cc1ccncc1. The number of aromatic nitrogens is 2. The Labute approximate surface area is 227 Å². The second kappa shape index (κ2) is 12.5. The van der Waals surface area contributed by atoms with Crippen molar-refractivity contribution in [2.45, 2.75) is 32.4 Å². The van der Waals surface area contributed by atoms with E-state index >= 15 is 0 Å². The molecule has 202 valence electrons. The predicted molar refractivity (Wildman–Crippen MR) is 143 cm³/mol. The van der Waals surface area contributed by atoms with E-state index in [1.54, 1.807) is 72.6 Å². The number of nitrogens with zero attached hydrogens (tertiary/aromatic N) is 4. The molecule has 0 bridgehead atoms. The molecule has 0 aliphatic carbocycles. The number of carbonyl (C=O) groups is 2. The molecule has 1 N–H and O–H groups in total. The number of hydrogen-bond donors (Lipinski definition) is 1. The van der Waals surface area contributed by atoms with Gasteiger partial charge in [-0.25, -0.2) is 9.37 Å². The van der Waals surface area contributed by atoms with Gasteiger partial charge in [-0.2, -0.15) is 0 Å². The fourth-order valence-corrected chi connectivity index (χ4v) is 4.27. The van der Waals surface area contributed by atoms with Gasteiger partial charge in [0.05, 0.1) is 31.2 Å². The molecular formula is C30H31FN4O4. The largest absolute Gasteiger partial charge is 0.472 e. The van der Waals surface area contributed by atoms with E-state index in [9.17, 15) is 19.1 Å². The van der Waals surface area contributed by atoms with Gasteiger partial charge in [0.2, 0.25) is 11.8 Å². The van der Waals surface area contributed by atoms with Gasteiger partial charge in [-0.05, 0) is 42.8 Å². The van der Waals surface area contributed by atoms with Crippen LogP contribution in [0, 0.1) is 23.6 Å². The summed E-state index contributed by atoms with van der Waals surface area (Å²) in [6.07, 6.45) is 4.52. The highest BCUT2D eigenvalue weighted by atomic mass is 19.1. The maximum Gasteiger partial charge on any atom is 0.259 e. The maximum atomic E-state index is 14.0. The molecule has 2 aromatic heterocycles. The van der Waals surface area contributed by atoms with E-state index in [1.165, 1.54) is 12.3 Å². The Morgan fingerprint density at radius 2 is 2.00 bits per heavy atom. The number of pyridine rings is 2. The first kappa shape index (κ1) is 27.7. The highest BCUT2D eigenvalue weighted by Gasteiger charge is 2.34. The minimum Gasteiger partial charge on any atom is -0.472 e. The standard InChI is InChI=1S/C30H31FN4O4/c1-20-17-35(21(2)19-36)30(38)25-14-23(8-9-24-6-4-5-7-26(24)31)16-33-29(25)39-27(20)18-34(3)28(37)15-22-10-12-32-13-11-22/h4-7,10-14,16,20-21,27,36H,15,17-19H2,1-3H3/t20-,21-,27-/m1/s1. The van der Waals surface area contributed by atoms with Crippen LogP contribution in [0.15, 0.2) is 61.1 Å². The van der Waals surface area contributed by atoms with Gasteiger partial charge < -0.3 is 19.6 Å². The summed E-state index contributed by atoms with van der Waals surface area (Å²) in [4.78, 5) is 38.1. The van der Waals surface area contributed by atoms with Gasteiger partial charge in [-0.15, -0.1) is 0 Å². The number of rotatable bonds is 6. The Morgan fingerprint density at radius 3 is 2.72 bits per heavy atom. The molecule has 0 saturated heterocycles. The average Bonchev–Trinajstić information content (AvgIpc) is 2.94. The van der Waals surface area contributed by atoms with Gasteiger partial charge >= 0.3 is 0 Å². The van der Waals surface area contributed by atoms with Crippen molar-refractivity contribution >= 4 is 11.8 Å². The fourth-order valence-electron chi connectivity index (χ4n) is 4.27. The van der Waals surface area contributed by atoms with E-state index in [0.29, 0.717) is 12.1 Å². The summed E-state index contributed by atoms with van der Waals surface area (Å²) >= 11 is 0. The van der Waals surface area contributed by atoms with Crippen LogP contribution >= 0.6 is 0 Å². The lowest BCUT2D eigenvalue weighted by Crippen LogP contribution is -2.50. The van der Waals surface area contributed by atoms with Crippen LogP contribution in [0.5, 0.6) is 5.88 Å². The monoisotopic (exact) mass is 530 g/mol. The highest BCUT2D eigenvalue weighted by Crippen LogP contribution is 2.27. The molecule has 4 rings (SSSR count). The van der Waals surface area contributed by atoms with E-state index in [-0.39, 0.29) is 54.3 Å². The normalized spacial score (nSPS) is 17.6. The molecule has 0 fully saturated rings. The zero-order chi connectivity index (χ0) is 27.9. The first-order chi connectivity index (χ1) is 18.8. The zero-order valence-corrected chi connectivity index (χ0v) is 22.2. The third-order valence-corrected chi connectivity index (χ3v) is 6.72. The third-order valence-electron chi connectivity index (χ3n) is 6.72. The summed E-state index contributed by atoms with van der Waals surface area (Å²) in [7, 11) is 1.72. The smallest absolute Gasteiger partial charge is 0.259 e. The molecule has 3 atom stereocenters. The number of ether oxygens (including phenoxy) is 1. The van der Waals surface area contributed by atoms with E-state index in [2.05, 4.69) is 21.8 Å². The molecule has 1 aliphatic heterocycles. The Kier molecular flexibility index (Phi) is 8.89. The maximum absolute atomic E-state index is 14.0. The van der Waals surface area contributed by atoms with Crippen LogP contribution in [0.3, 0.4) is 0 Å². The zero-order valence-electron chi connectivity index (χ0n) is 22.2. The van der Waals surface area contributed by atoms with Crippen LogP contribution < -0.4 is 4.74 Å². The highest BCUT2D eigenvalue weighted by molar-refractivity contribution is 5.97. The second-order valence-electron chi connectivity index (χ2n) is 9.74. The molecule has 3 aromatic rings. The van der Waals surface area contributed by atoms with Crippen LogP contribution in [0.4, 0.5) is 4.39 Å². The third kappa shape index (κ3) is 6.78. The molecule has 2 amide bonds. The summed E-state index contributed by atoms with van der Waals surface area (Å²) in [5.41, 5.74) is 1.70. The lowest BCUT2D eigenvalue weighted by atomic mass is 9.99. The minimum absolute atomic E-state index is 0.0809. The van der Waals surface area contributed by atoms with Gasteiger partial charge in [-0.3, -0.25) is 14.6 Å². The van der Waals surface area contributed by atoms with Crippen molar-refractivity contribution in [2.24, 2.45) is 5.92 Å². The van der Waals surface area contributed by atoms with Crippen molar-refractivity contribution in [1.82, 2.24) is 19.8 Å². The fraction of sp³-hybridized carbons (Fsp3) is 0.333. The van der Waals surface area contributed by atoms with Gasteiger partial charge in [0.25, 0.3) is 5.91 Å². The van der Waals surface area contributed by atoms with Crippen LogP contribution in [-0.2, 0) is 11.2 Å². The van der Waals surface area contributed by atoms with Crippen molar-refractivity contribution in [2.75, 3.05) is 26.7 Å². The molecule has 1 aliphatic rings. The molecule has 0 radical (unpaired) electrons. The Morgan fingerprint density at radius 1 is 1.26 bits per heavy atom. The molecule has 3 heterocycles. The number of likely N-dealkylation sites (N-methyl/N-ethyl adjacent to an activating group) is 1. The number of benzene rings is 1. The summed E-state index contributed by atoms with van der Waals surface area (Å²) in [5, 5.41) is 9.86. The Bertz CT molecular complexity index is 1390. The van der Waals surface area contributed by atoms with Crippen molar-refractivity contribution in [3.63, 3.8) is 0 Å². The number of hydrogen-bond acceptors (Lipinski definition) is 6. The summed E-state index contributed by atoms with van der Waals surface area (Å²) in [6.45, 7) is 4.07. The van der Waals surface area contributed by atoms with E-state index in [0.717, 1.165) is 5.56 Å². The molecular weight excluding hydrogens is 499 g/mol. The van der Waals surface area contributed by atoms with E-state index < -0.39 is 18.0 Å². The molecule has 39 heavy (non-hydrogen) atoms. The first-order valence-electron chi connectivity index (χ1n) is 12.7. The second-order valence-corrected chi connectivity index (χ2v) is 9.74. The number of carbonyl (C=O) groups excluding carboxylic acids is 2. The van der Waals surface area contributed by atoms with E-state index in [4.69, 9.17) is 4.74 Å². The Balaban J connectivity index is 1.62. The number of aliphatic hydroxyl groups excluding tert-OH is 1. The van der Waals surface area contributed by atoms with E-state index in [1.807, 2.05) is 6.92 Å². The van der Waals surface area contributed by atoms with Gasteiger partial charge in [0.1, 0.15) is 17.5 Å². The van der Waals surface area contributed by atoms with Gasteiger partial charge in [0, 0.05) is 43.7 Å². The number of halogens is 1. The summed E-state index contributed by atoms with van der Waals surface area (Å²) in [6, 6.07) is 10.9. The lowest BCUT2D eigenvalue weighted by Gasteiger charge is -2.37. The summed E-state index contributed by atoms with van der Waals surface area (Å²) in [5.74, 6) is 4.74. The first-order valence-corrected chi connectivity index (χ1v) is 12.7. The molecule has 1 aromatic carbocycles. The minimum atomic E-state index is -0.473. The van der Waals surface area contributed by atoms with Crippen LogP contribution in [0.1, 0.15) is 40.9 Å².